The lowest BCUT2D eigenvalue weighted by Gasteiger charge is -2.26. The maximum absolute atomic E-state index is 13.1. The van der Waals surface area contributed by atoms with E-state index in [9.17, 15) is 13.2 Å². The second kappa shape index (κ2) is 6.82. The van der Waals surface area contributed by atoms with Crippen LogP contribution in [0.15, 0.2) is 29.6 Å². The molecule has 1 N–H and O–H groups in total. The number of hydrogen-bond donors (Lipinski definition) is 1. The number of carbonyl (C=O) groups is 1. The molecule has 0 bridgehead atoms. The van der Waals surface area contributed by atoms with Gasteiger partial charge in [-0.2, -0.15) is 17.0 Å². The fraction of sp³-hybridized carbons (Fsp3) is 0.500. The number of ether oxygens (including phenoxy) is 1. The van der Waals surface area contributed by atoms with Crippen molar-refractivity contribution in [3.63, 3.8) is 0 Å². The van der Waals surface area contributed by atoms with Crippen molar-refractivity contribution in [2.24, 2.45) is 11.3 Å². The van der Waals surface area contributed by atoms with Gasteiger partial charge in [-0.3, -0.25) is 4.79 Å². The molecule has 1 amide bonds. The van der Waals surface area contributed by atoms with Crippen molar-refractivity contribution < 1.29 is 17.9 Å². The van der Waals surface area contributed by atoms with E-state index in [-0.39, 0.29) is 25.0 Å². The van der Waals surface area contributed by atoms with Crippen LogP contribution in [-0.2, 0) is 26.3 Å². The van der Waals surface area contributed by atoms with Crippen LogP contribution in [-0.4, -0.2) is 63.3 Å². The van der Waals surface area contributed by atoms with E-state index in [0.717, 1.165) is 10.9 Å². The van der Waals surface area contributed by atoms with Crippen molar-refractivity contribution in [2.75, 3.05) is 40.4 Å². The predicted molar refractivity (Wildman–Crippen MR) is 105 cm³/mol. The van der Waals surface area contributed by atoms with Gasteiger partial charge < -0.3 is 10.1 Å². The molecular formula is C18H23N3O4S2. The van der Waals surface area contributed by atoms with Crippen LogP contribution < -0.4 is 5.32 Å². The lowest BCUT2D eigenvalue weighted by atomic mass is 9.80. The van der Waals surface area contributed by atoms with Gasteiger partial charge in [0.15, 0.2) is 0 Å². The molecule has 2 saturated heterocycles. The summed E-state index contributed by atoms with van der Waals surface area (Å²) in [4.78, 5) is 13.1. The molecule has 7 nitrogen and oxygen atoms in total. The van der Waals surface area contributed by atoms with Gasteiger partial charge in [0.05, 0.1) is 18.6 Å². The number of hydrogen-bond acceptors (Lipinski definition) is 5. The topological polar surface area (TPSA) is 79.0 Å². The predicted octanol–water partition coefficient (Wildman–Crippen LogP) is 1.27. The first kappa shape index (κ1) is 18.8. The Hall–Kier alpha value is -1.52. The van der Waals surface area contributed by atoms with E-state index < -0.39 is 15.6 Å². The van der Waals surface area contributed by atoms with Crippen molar-refractivity contribution in [3.05, 3.63) is 35.2 Å². The Balaban J connectivity index is 1.49. The SMILES string of the molecule is CN(C)S(=O)(=O)N1C[C@@H]2COC[C@]2(C(=O)NCc2ccc3sccc3c2)C1. The number of amides is 1. The molecule has 0 unspecified atom stereocenters. The van der Waals surface area contributed by atoms with Gasteiger partial charge in [-0.05, 0) is 34.5 Å². The summed E-state index contributed by atoms with van der Waals surface area (Å²) in [6.07, 6.45) is 0. The highest BCUT2D eigenvalue weighted by atomic mass is 32.2. The van der Waals surface area contributed by atoms with E-state index in [2.05, 4.69) is 23.5 Å². The van der Waals surface area contributed by atoms with E-state index in [1.54, 1.807) is 11.3 Å². The zero-order valence-corrected chi connectivity index (χ0v) is 17.0. The number of fused-ring (bicyclic) bond motifs is 2. The maximum Gasteiger partial charge on any atom is 0.281 e. The summed E-state index contributed by atoms with van der Waals surface area (Å²) in [5, 5.41) is 6.22. The Labute approximate surface area is 163 Å². The molecule has 0 saturated carbocycles. The Bertz CT molecular complexity index is 972. The first-order chi connectivity index (χ1) is 12.8. The lowest BCUT2D eigenvalue weighted by Crippen LogP contribution is -2.47. The lowest BCUT2D eigenvalue weighted by molar-refractivity contribution is -0.131. The molecule has 27 heavy (non-hydrogen) atoms. The molecule has 3 heterocycles. The maximum atomic E-state index is 13.1. The molecule has 0 radical (unpaired) electrons. The number of nitrogens with zero attached hydrogens (tertiary/aromatic N) is 2. The van der Waals surface area contributed by atoms with Gasteiger partial charge in [0.25, 0.3) is 10.2 Å². The number of nitrogens with one attached hydrogen (secondary N) is 1. The van der Waals surface area contributed by atoms with Crippen LogP contribution in [0.1, 0.15) is 5.56 Å². The molecule has 2 aromatic rings. The molecule has 2 fully saturated rings. The van der Waals surface area contributed by atoms with Crippen LogP contribution in [0.4, 0.5) is 0 Å². The van der Waals surface area contributed by atoms with E-state index in [4.69, 9.17) is 4.74 Å². The third-order valence-electron chi connectivity index (χ3n) is 5.55. The molecule has 2 aliphatic heterocycles. The average Bonchev–Trinajstić information content (AvgIpc) is 3.32. The summed E-state index contributed by atoms with van der Waals surface area (Å²) in [6, 6.07) is 8.20. The van der Waals surface area contributed by atoms with Gasteiger partial charge in [-0.25, -0.2) is 0 Å². The monoisotopic (exact) mass is 409 g/mol. The minimum absolute atomic E-state index is 0.119. The number of benzene rings is 1. The summed E-state index contributed by atoms with van der Waals surface area (Å²) < 4.78 is 34.3. The molecule has 4 rings (SSSR count). The van der Waals surface area contributed by atoms with Crippen molar-refractivity contribution >= 4 is 37.5 Å². The number of rotatable bonds is 5. The van der Waals surface area contributed by atoms with Crippen LogP contribution in [0.25, 0.3) is 10.1 Å². The van der Waals surface area contributed by atoms with Crippen LogP contribution in [0, 0.1) is 11.3 Å². The fourth-order valence-corrected chi connectivity index (χ4v) is 5.90. The molecule has 2 aliphatic rings. The standard InChI is InChI=1S/C18H23N3O4S2/c1-20(2)27(23,24)21-9-15-10-25-12-18(15,11-21)17(22)19-8-13-3-4-16-14(7-13)5-6-26-16/h3-7,15H,8-12H2,1-2H3,(H,19,22)/t15-,18-/m1/s1. The second-order valence-electron chi connectivity index (χ2n) is 7.43. The van der Waals surface area contributed by atoms with Crippen LogP contribution in [0.5, 0.6) is 0 Å². The molecule has 2 atom stereocenters. The number of carbonyl (C=O) groups excluding carboxylic acids is 1. The second-order valence-corrected chi connectivity index (χ2v) is 10.5. The van der Waals surface area contributed by atoms with Gasteiger partial charge in [0.1, 0.15) is 0 Å². The molecular weight excluding hydrogens is 386 g/mol. The Morgan fingerprint density at radius 3 is 3.00 bits per heavy atom. The summed E-state index contributed by atoms with van der Waals surface area (Å²) in [7, 11) is -0.529. The van der Waals surface area contributed by atoms with Gasteiger partial charge >= 0.3 is 0 Å². The van der Waals surface area contributed by atoms with Crippen LogP contribution in [0.3, 0.4) is 0 Å². The Kier molecular flexibility index (Phi) is 4.76. The quantitative estimate of drug-likeness (QED) is 0.807. The van der Waals surface area contributed by atoms with E-state index in [1.165, 1.54) is 27.4 Å². The number of thiophene rings is 1. The van der Waals surface area contributed by atoms with Crippen molar-refractivity contribution in [1.29, 1.82) is 0 Å². The van der Waals surface area contributed by atoms with Crippen molar-refractivity contribution in [3.8, 4) is 0 Å². The Morgan fingerprint density at radius 1 is 1.41 bits per heavy atom. The molecule has 0 spiro atoms. The smallest absolute Gasteiger partial charge is 0.281 e. The van der Waals surface area contributed by atoms with Gasteiger partial charge in [-0.1, -0.05) is 6.07 Å². The minimum Gasteiger partial charge on any atom is -0.380 e. The zero-order valence-electron chi connectivity index (χ0n) is 15.3. The first-order valence-corrected chi connectivity index (χ1v) is 11.1. The third kappa shape index (κ3) is 3.17. The normalized spacial score (nSPS) is 26.0. The fourth-order valence-electron chi connectivity index (χ4n) is 3.90. The summed E-state index contributed by atoms with van der Waals surface area (Å²) in [5.41, 5.74) is 0.215. The molecule has 146 valence electrons. The largest absolute Gasteiger partial charge is 0.380 e. The minimum atomic E-state index is -3.54. The van der Waals surface area contributed by atoms with Gasteiger partial charge in [0.2, 0.25) is 5.91 Å². The van der Waals surface area contributed by atoms with E-state index in [0.29, 0.717) is 19.7 Å². The van der Waals surface area contributed by atoms with Crippen LogP contribution >= 0.6 is 11.3 Å². The van der Waals surface area contributed by atoms with E-state index in [1.807, 2.05) is 11.4 Å². The summed E-state index contributed by atoms with van der Waals surface area (Å²) >= 11 is 1.69. The molecule has 0 aliphatic carbocycles. The molecule has 9 heteroatoms. The van der Waals surface area contributed by atoms with Gasteiger partial charge in [-0.15, -0.1) is 11.3 Å². The summed E-state index contributed by atoms with van der Waals surface area (Å²) in [5.74, 6) is -0.251. The van der Waals surface area contributed by atoms with Crippen molar-refractivity contribution in [2.45, 2.75) is 6.54 Å². The molecule has 1 aromatic carbocycles. The van der Waals surface area contributed by atoms with Crippen molar-refractivity contribution in [1.82, 2.24) is 13.9 Å². The highest BCUT2D eigenvalue weighted by Gasteiger charge is 2.58. The van der Waals surface area contributed by atoms with Gasteiger partial charge in [0, 0.05) is 44.3 Å². The molecule has 1 aromatic heterocycles. The van der Waals surface area contributed by atoms with E-state index >= 15 is 0 Å². The third-order valence-corrected chi connectivity index (χ3v) is 8.30. The Morgan fingerprint density at radius 2 is 2.22 bits per heavy atom. The highest BCUT2D eigenvalue weighted by Crippen LogP contribution is 2.42. The first-order valence-electron chi connectivity index (χ1n) is 8.83. The van der Waals surface area contributed by atoms with Crippen LogP contribution in [0.2, 0.25) is 0 Å². The summed E-state index contributed by atoms with van der Waals surface area (Å²) in [6.45, 7) is 1.56. The zero-order chi connectivity index (χ0) is 19.2. The average molecular weight is 410 g/mol. The highest BCUT2D eigenvalue weighted by molar-refractivity contribution is 7.86.